The number of benzene rings is 1. The van der Waals surface area contributed by atoms with E-state index in [1.54, 1.807) is 12.1 Å². The van der Waals surface area contributed by atoms with Crippen LogP contribution in [0.1, 0.15) is 43.2 Å². The highest BCUT2D eigenvalue weighted by atomic mass is 16.4. The molecular weight excluding hydrogens is 266 g/mol. The average Bonchev–Trinajstić information content (AvgIpc) is 2.54. The molecule has 0 aromatic heterocycles. The molecule has 0 atom stereocenters. The maximum atomic E-state index is 11.9. The molecule has 0 radical (unpaired) electrons. The Kier molecular flexibility index (Phi) is 5.60. The first-order valence-electron chi connectivity index (χ1n) is 7.52. The van der Waals surface area contributed by atoms with Crippen molar-refractivity contribution in [1.82, 2.24) is 5.32 Å². The second-order valence-corrected chi connectivity index (χ2v) is 5.67. The molecular formula is C16H23N3O2. The summed E-state index contributed by atoms with van der Waals surface area (Å²) in [5, 5.41) is 14.6. The number of hydrogen-bond acceptors (Lipinski definition) is 3. The number of oxime groups is 1. The third-order valence-corrected chi connectivity index (χ3v) is 4.03. The van der Waals surface area contributed by atoms with E-state index >= 15 is 0 Å². The molecule has 114 valence electrons. The maximum absolute atomic E-state index is 11.9. The number of amidine groups is 1. The minimum Gasteiger partial charge on any atom is -0.409 e. The average molecular weight is 289 g/mol. The Morgan fingerprint density at radius 3 is 2.52 bits per heavy atom. The first-order valence-corrected chi connectivity index (χ1v) is 7.52. The van der Waals surface area contributed by atoms with Gasteiger partial charge >= 0.3 is 0 Å². The van der Waals surface area contributed by atoms with Gasteiger partial charge in [0, 0.05) is 12.1 Å². The molecule has 1 aliphatic carbocycles. The normalized spacial score (nSPS) is 16.7. The number of amides is 1. The fourth-order valence-electron chi connectivity index (χ4n) is 2.75. The fourth-order valence-corrected chi connectivity index (χ4v) is 2.75. The number of carbonyl (C=O) groups excluding carboxylic acids is 1. The molecule has 0 spiro atoms. The number of nitrogens with one attached hydrogen (secondary N) is 1. The first kappa shape index (κ1) is 15.4. The number of hydrogen-bond donors (Lipinski definition) is 3. The van der Waals surface area contributed by atoms with Crippen molar-refractivity contribution in [2.75, 3.05) is 6.54 Å². The lowest BCUT2D eigenvalue weighted by atomic mass is 9.89. The summed E-state index contributed by atoms with van der Waals surface area (Å²) >= 11 is 0. The highest BCUT2D eigenvalue weighted by Gasteiger charge is 2.14. The molecule has 0 heterocycles. The second-order valence-electron chi connectivity index (χ2n) is 5.67. The van der Waals surface area contributed by atoms with Crippen LogP contribution in [-0.2, 0) is 11.2 Å². The molecule has 0 saturated heterocycles. The van der Waals surface area contributed by atoms with E-state index in [0.29, 0.717) is 17.9 Å². The zero-order chi connectivity index (χ0) is 15.1. The second kappa shape index (κ2) is 7.67. The zero-order valence-electron chi connectivity index (χ0n) is 12.2. The van der Waals surface area contributed by atoms with E-state index in [1.165, 1.54) is 32.1 Å². The van der Waals surface area contributed by atoms with Gasteiger partial charge in [0.2, 0.25) is 5.91 Å². The minimum atomic E-state index is 0.0529. The van der Waals surface area contributed by atoms with Crippen molar-refractivity contribution in [2.24, 2.45) is 16.8 Å². The number of nitrogens with zero attached hydrogens (tertiary/aromatic N) is 1. The maximum Gasteiger partial charge on any atom is 0.224 e. The molecule has 1 saturated carbocycles. The summed E-state index contributed by atoms with van der Waals surface area (Å²) in [6.07, 6.45) is 6.73. The van der Waals surface area contributed by atoms with Crippen molar-refractivity contribution in [3.05, 3.63) is 35.4 Å². The summed E-state index contributed by atoms with van der Waals surface area (Å²) in [6, 6.07) is 7.15. The molecule has 5 heteroatoms. The van der Waals surface area contributed by atoms with Gasteiger partial charge in [-0.15, -0.1) is 0 Å². The van der Waals surface area contributed by atoms with Gasteiger partial charge in [-0.25, -0.2) is 0 Å². The van der Waals surface area contributed by atoms with E-state index in [2.05, 4.69) is 10.5 Å². The lowest BCUT2D eigenvalue weighted by Crippen LogP contribution is -2.31. The van der Waals surface area contributed by atoms with E-state index in [-0.39, 0.29) is 11.7 Å². The predicted molar refractivity (Wildman–Crippen MR) is 82.2 cm³/mol. The van der Waals surface area contributed by atoms with Crippen LogP contribution in [-0.4, -0.2) is 23.5 Å². The van der Waals surface area contributed by atoms with Crippen molar-refractivity contribution in [1.29, 1.82) is 0 Å². The summed E-state index contributed by atoms with van der Waals surface area (Å²) in [4.78, 5) is 11.9. The van der Waals surface area contributed by atoms with E-state index < -0.39 is 0 Å². The quantitative estimate of drug-likeness (QED) is 0.335. The highest BCUT2D eigenvalue weighted by Crippen LogP contribution is 2.22. The van der Waals surface area contributed by atoms with Crippen LogP contribution >= 0.6 is 0 Å². The summed E-state index contributed by atoms with van der Waals surface area (Å²) in [6.45, 7) is 0.793. The van der Waals surface area contributed by atoms with Crippen LogP contribution in [0.25, 0.3) is 0 Å². The molecule has 1 aliphatic rings. The van der Waals surface area contributed by atoms with Crippen LogP contribution in [0.2, 0.25) is 0 Å². The van der Waals surface area contributed by atoms with Gasteiger partial charge in [0.1, 0.15) is 0 Å². The first-order chi connectivity index (χ1) is 10.2. The summed E-state index contributed by atoms with van der Waals surface area (Å²) in [7, 11) is 0. The standard InChI is InChI=1S/C16H23N3O2/c17-16(19-21)14-8-6-12(7-9-14)10-15(20)18-11-13-4-2-1-3-5-13/h6-9,13,21H,1-5,10-11H2,(H2,17,19)(H,18,20). The number of nitrogens with two attached hydrogens (primary N) is 1. The monoisotopic (exact) mass is 289 g/mol. The van der Waals surface area contributed by atoms with Gasteiger partial charge in [-0.1, -0.05) is 48.7 Å². The molecule has 1 fully saturated rings. The van der Waals surface area contributed by atoms with Gasteiger partial charge in [-0.2, -0.15) is 0 Å². The van der Waals surface area contributed by atoms with Crippen LogP contribution in [0.15, 0.2) is 29.4 Å². The van der Waals surface area contributed by atoms with Crippen molar-refractivity contribution >= 4 is 11.7 Å². The molecule has 5 nitrogen and oxygen atoms in total. The molecule has 21 heavy (non-hydrogen) atoms. The Morgan fingerprint density at radius 1 is 1.24 bits per heavy atom. The lowest BCUT2D eigenvalue weighted by molar-refractivity contribution is -0.120. The van der Waals surface area contributed by atoms with E-state index in [1.807, 2.05) is 12.1 Å². The van der Waals surface area contributed by atoms with Gasteiger partial charge in [-0.3, -0.25) is 4.79 Å². The van der Waals surface area contributed by atoms with Gasteiger partial charge < -0.3 is 16.3 Å². The Balaban J connectivity index is 1.79. The highest BCUT2D eigenvalue weighted by molar-refractivity contribution is 5.97. The fraction of sp³-hybridized carbons (Fsp3) is 0.500. The predicted octanol–water partition coefficient (Wildman–Crippen LogP) is 2.02. The molecule has 1 aromatic carbocycles. The third-order valence-electron chi connectivity index (χ3n) is 4.03. The van der Waals surface area contributed by atoms with Crippen LogP contribution in [0.4, 0.5) is 0 Å². The van der Waals surface area contributed by atoms with Crippen LogP contribution in [0, 0.1) is 5.92 Å². The Hall–Kier alpha value is -2.04. The Bertz CT molecular complexity index is 491. The summed E-state index contributed by atoms with van der Waals surface area (Å²) in [5.74, 6) is 0.770. The van der Waals surface area contributed by atoms with Crippen molar-refractivity contribution in [3.63, 3.8) is 0 Å². The van der Waals surface area contributed by atoms with Gasteiger partial charge in [0.05, 0.1) is 6.42 Å². The summed E-state index contributed by atoms with van der Waals surface area (Å²) < 4.78 is 0. The molecule has 1 aromatic rings. The molecule has 0 bridgehead atoms. The summed E-state index contributed by atoms with van der Waals surface area (Å²) in [5.41, 5.74) is 7.06. The molecule has 1 amide bonds. The minimum absolute atomic E-state index is 0.0529. The van der Waals surface area contributed by atoms with Crippen molar-refractivity contribution in [3.8, 4) is 0 Å². The lowest BCUT2D eigenvalue weighted by Gasteiger charge is -2.21. The smallest absolute Gasteiger partial charge is 0.224 e. The molecule has 4 N–H and O–H groups in total. The third kappa shape index (κ3) is 4.77. The van der Waals surface area contributed by atoms with Crippen molar-refractivity contribution < 1.29 is 10.0 Å². The topological polar surface area (TPSA) is 87.7 Å². The Labute approximate surface area is 125 Å². The van der Waals surface area contributed by atoms with Gasteiger partial charge in [0.15, 0.2) is 5.84 Å². The van der Waals surface area contributed by atoms with E-state index in [4.69, 9.17) is 10.9 Å². The Morgan fingerprint density at radius 2 is 1.90 bits per heavy atom. The van der Waals surface area contributed by atoms with Crippen LogP contribution < -0.4 is 11.1 Å². The molecule has 0 aliphatic heterocycles. The van der Waals surface area contributed by atoms with Crippen LogP contribution in [0.5, 0.6) is 0 Å². The van der Waals surface area contributed by atoms with E-state index in [0.717, 1.165) is 12.1 Å². The number of rotatable bonds is 5. The SMILES string of the molecule is NC(=NO)c1ccc(CC(=O)NCC2CCCCC2)cc1. The van der Waals surface area contributed by atoms with Gasteiger partial charge in [-0.05, 0) is 24.3 Å². The largest absolute Gasteiger partial charge is 0.409 e. The zero-order valence-corrected chi connectivity index (χ0v) is 12.2. The molecule has 2 rings (SSSR count). The van der Waals surface area contributed by atoms with Gasteiger partial charge in [0.25, 0.3) is 0 Å². The van der Waals surface area contributed by atoms with Crippen LogP contribution in [0.3, 0.4) is 0 Å². The number of carbonyl (C=O) groups is 1. The van der Waals surface area contributed by atoms with E-state index in [9.17, 15) is 4.79 Å². The molecule has 0 unspecified atom stereocenters. The van der Waals surface area contributed by atoms with Crippen molar-refractivity contribution in [2.45, 2.75) is 38.5 Å².